The van der Waals surface area contributed by atoms with Crippen LogP contribution in [0, 0.1) is 0 Å². The number of pyridine rings is 1. The molecule has 0 unspecified atom stereocenters. The van der Waals surface area contributed by atoms with Crippen LogP contribution in [0.1, 0.15) is 35.3 Å². The van der Waals surface area contributed by atoms with E-state index < -0.39 is 0 Å². The normalized spacial score (nSPS) is 14.3. The lowest BCUT2D eigenvalue weighted by Gasteiger charge is -2.13. The van der Waals surface area contributed by atoms with Gasteiger partial charge in [0.15, 0.2) is 5.78 Å². The maximum absolute atomic E-state index is 12.3. The molecule has 2 N–H and O–H groups in total. The minimum absolute atomic E-state index is 0.161. The second kappa shape index (κ2) is 6.47. The van der Waals surface area contributed by atoms with Gasteiger partial charge in [-0.05, 0) is 34.4 Å². The zero-order valence-corrected chi connectivity index (χ0v) is 14.7. The molecular formula is C21H23N3O. The average Bonchev–Trinajstić information content (AvgIpc) is 2.97. The standard InChI is InChI=1S/C21H23N3O/c1-14(2)23-11-15-3-5-16(6-4-15)17-7-9-24-10-8-18-20(25)13-22-12-19(17)21(18)24/h3-10,14,22-23H,11-13H2,1-2H3. The molecule has 4 nitrogen and oxygen atoms in total. The third-order valence-corrected chi connectivity index (χ3v) is 4.80. The number of nitrogens with one attached hydrogen (secondary N) is 2. The number of carbonyl (C=O) groups excluding carboxylic acids is 1. The minimum Gasteiger partial charge on any atom is -0.323 e. The maximum Gasteiger partial charge on any atom is 0.178 e. The summed E-state index contributed by atoms with van der Waals surface area (Å²) >= 11 is 0. The van der Waals surface area contributed by atoms with Gasteiger partial charge in [0.1, 0.15) is 0 Å². The van der Waals surface area contributed by atoms with Crippen molar-refractivity contribution in [3.8, 4) is 11.1 Å². The van der Waals surface area contributed by atoms with E-state index in [4.69, 9.17) is 0 Å². The summed E-state index contributed by atoms with van der Waals surface area (Å²) < 4.78 is 2.06. The highest BCUT2D eigenvalue weighted by molar-refractivity contribution is 6.06. The van der Waals surface area contributed by atoms with Crippen LogP contribution < -0.4 is 10.6 Å². The zero-order chi connectivity index (χ0) is 17.4. The topological polar surface area (TPSA) is 45.5 Å². The number of hydrogen-bond donors (Lipinski definition) is 2. The van der Waals surface area contributed by atoms with Gasteiger partial charge in [0.2, 0.25) is 0 Å². The molecule has 0 atom stereocenters. The van der Waals surface area contributed by atoms with Crippen molar-refractivity contribution in [1.82, 2.24) is 15.0 Å². The molecule has 128 valence electrons. The molecule has 4 rings (SSSR count). The largest absolute Gasteiger partial charge is 0.323 e. The Bertz CT molecular complexity index is 922. The number of rotatable bonds is 4. The lowest BCUT2D eigenvalue weighted by atomic mass is 9.98. The number of aromatic nitrogens is 1. The molecule has 0 saturated carbocycles. The van der Waals surface area contributed by atoms with Gasteiger partial charge in [0.25, 0.3) is 0 Å². The first-order valence-corrected chi connectivity index (χ1v) is 8.82. The Kier molecular flexibility index (Phi) is 4.15. The summed E-state index contributed by atoms with van der Waals surface area (Å²) in [5.41, 5.74) is 6.72. The van der Waals surface area contributed by atoms with Gasteiger partial charge >= 0.3 is 0 Å². The highest BCUT2D eigenvalue weighted by atomic mass is 16.1. The summed E-state index contributed by atoms with van der Waals surface area (Å²) in [4.78, 5) is 12.3. The van der Waals surface area contributed by atoms with Crippen LogP contribution in [0.3, 0.4) is 0 Å². The molecule has 0 fully saturated rings. The van der Waals surface area contributed by atoms with Crippen LogP contribution in [-0.4, -0.2) is 22.8 Å². The van der Waals surface area contributed by atoms with Gasteiger partial charge < -0.3 is 15.0 Å². The van der Waals surface area contributed by atoms with Crippen molar-refractivity contribution >= 4 is 11.3 Å². The van der Waals surface area contributed by atoms with Crippen LogP contribution in [0.5, 0.6) is 0 Å². The molecule has 0 bridgehead atoms. The summed E-state index contributed by atoms with van der Waals surface area (Å²) in [6.45, 7) is 6.29. The number of Topliss-reactive ketones (excluding diaryl/α,β-unsaturated/α-hetero) is 1. The van der Waals surface area contributed by atoms with Gasteiger partial charge in [-0.2, -0.15) is 0 Å². The van der Waals surface area contributed by atoms with Gasteiger partial charge in [-0.3, -0.25) is 4.79 Å². The third-order valence-electron chi connectivity index (χ3n) is 4.80. The Hall–Kier alpha value is -2.43. The van der Waals surface area contributed by atoms with Gasteiger partial charge in [0.05, 0.1) is 12.1 Å². The van der Waals surface area contributed by atoms with E-state index in [0.29, 0.717) is 19.1 Å². The maximum atomic E-state index is 12.3. The molecule has 1 aromatic carbocycles. The molecule has 25 heavy (non-hydrogen) atoms. The van der Waals surface area contributed by atoms with Gasteiger partial charge in [-0.15, -0.1) is 0 Å². The van der Waals surface area contributed by atoms with E-state index in [9.17, 15) is 4.79 Å². The molecule has 0 spiro atoms. The van der Waals surface area contributed by atoms with Gasteiger partial charge in [0, 0.05) is 37.1 Å². The van der Waals surface area contributed by atoms with E-state index in [0.717, 1.165) is 17.6 Å². The van der Waals surface area contributed by atoms with Gasteiger partial charge in [-0.25, -0.2) is 0 Å². The molecule has 2 aromatic heterocycles. The molecule has 4 heteroatoms. The highest BCUT2D eigenvalue weighted by Crippen LogP contribution is 2.31. The van der Waals surface area contributed by atoms with Crippen molar-refractivity contribution < 1.29 is 4.79 Å². The summed E-state index contributed by atoms with van der Waals surface area (Å²) in [6.07, 6.45) is 4.02. The summed E-state index contributed by atoms with van der Waals surface area (Å²) in [6, 6.07) is 13.3. The van der Waals surface area contributed by atoms with Crippen LogP contribution >= 0.6 is 0 Å². The van der Waals surface area contributed by atoms with Crippen LogP contribution in [0.15, 0.2) is 48.8 Å². The van der Waals surface area contributed by atoms with E-state index in [-0.39, 0.29) is 5.78 Å². The predicted molar refractivity (Wildman–Crippen MR) is 101 cm³/mol. The number of hydrogen-bond acceptors (Lipinski definition) is 3. The van der Waals surface area contributed by atoms with Crippen molar-refractivity contribution in [1.29, 1.82) is 0 Å². The van der Waals surface area contributed by atoms with Gasteiger partial charge in [-0.1, -0.05) is 38.1 Å². The molecule has 1 aliphatic heterocycles. The average molecular weight is 333 g/mol. The van der Waals surface area contributed by atoms with Crippen molar-refractivity contribution in [2.75, 3.05) is 6.54 Å². The summed E-state index contributed by atoms with van der Waals surface area (Å²) in [7, 11) is 0. The van der Waals surface area contributed by atoms with Crippen LogP contribution in [0.2, 0.25) is 0 Å². The Balaban J connectivity index is 1.75. The fraction of sp³-hybridized carbons (Fsp3) is 0.286. The second-order valence-electron chi connectivity index (χ2n) is 6.95. The quantitative estimate of drug-likeness (QED) is 0.769. The molecule has 3 heterocycles. The Morgan fingerprint density at radius 3 is 2.48 bits per heavy atom. The van der Waals surface area contributed by atoms with E-state index in [1.165, 1.54) is 22.3 Å². The van der Waals surface area contributed by atoms with Crippen molar-refractivity contribution in [3.63, 3.8) is 0 Å². The smallest absolute Gasteiger partial charge is 0.178 e. The Morgan fingerprint density at radius 2 is 1.76 bits per heavy atom. The number of nitrogens with zero attached hydrogens (tertiary/aromatic N) is 1. The first-order valence-electron chi connectivity index (χ1n) is 8.82. The third kappa shape index (κ3) is 2.99. The molecule has 1 aliphatic rings. The summed E-state index contributed by atoms with van der Waals surface area (Å²) in [5, 5.41) is 6.71. The van der Waals surface area contributed by atoms with Crippen LogP contribution in [0.4, 0.5) is 0 Å². The van der Waals surface area contributed by atoms with Crippen LogP contribution in [-0.2, 0) is 13.1 Å². The second-order valence-corrected chi connectivity index (χ2v) is 6.95. The molecule has 0 amide bonds. The SMILES string of the molecule is CC(C)NCc1ccc(-c2ccn3ccc4c3c2CNCC4=O)cc1. The molecule has 0 aliphatic carbocycles. The monoisotopic (exact) mass is 333 g/mol. The predicted octanol–water partition coefficient (Wildman–Crippen LogP) is 3.39. The minimum atomic E-state index is 0.161. The highest BCUT2D eigenvalue weighted by Gasteiger charge is 2.20. The first kappa shape index (κ1) is 16.1. The number of ketones is 1. The van der Waals surface area contributed by atoms with Crippen molar-refractivity contribution in [2.24, 2.45) is 0 Å². The van der Waals surface area contributed by atoms with Crippen LogP contribution in [0.25, 0.3) is 16.6 Å². The fourth-order valence-electron chi connectivity index (χ4n) is 3.47. The molecule has 0 saturated heterocycles. The summed E-state index contributed by atoms with van der Waals surface area (Å²) in [5.74, 6) is 0.161. The first-order chi connectivity index (χ1) is 12.1. The van der Waals surface area contributed by atoms with Crippen molar-refractivity contribution in [3.05, 3.63) is 65.5 Å². The van der Waals surface area contributed by atoms with E-state index in [1.54, 1.807) is 0 Å². The fourth-order valence-corrected chi connectivity index (χ4v) is 3.47. The number of benzene rings is 1. The lowest BCUT2D eigenvalue weighted by Crippen LogP contribution is -2.21. The van der Waals surface area contributed by atoms with E-state index in [2.05, 4.69) is 59.2 Å². The lowest BCUT2D eigenvalue weighted by molar-refractivity contribution is 0.0994. The molecular weight excluding hydrogens is 310 g/mol. The number of carbonyl (C=O) groups is 1. The molecule has 0 radical (unpaired) electrons. The van der Waals surface area contributed by atoms with E-state index >= 15 is 0 Å². The van der Waals surface area contributed by atoms with Crippen molar-refractivity contribution in [2.45, 2.75) is 33.0 Å². The van der Waals surface area contributed by atoms with E-state index in [1.807, 2.05) is 18.5 Å². The molecule has 3 aromatic rings. The zero-order valence-electron chi connectivity index (χ0n) is 14.7. The Morgan fingerprint density at radius 1 is 1.04 bits per heavy atom. The Labute approximate surface area is 147 Å².